The largest absolute Gasteiger partial charge is 0.508 e. The monoisotopic (exact) mass is 654 g/mol. The molecule has 7 rings (SSSR count). The van der Waals surface area contributed by atoms with E-state index in [1.807, 2.05) is 108 Å². The van der Waals surface area contributed by atoms with E-state index in [9.17, 15) is 14.7 Å². The van der Waals surface area contributed by atoms with Gasteiger partial charge in [-0.15, -0.1) is 0 Å². The van der Waals surface area contributed by atoms with E-state index in [2.05, 4.69) is 0 Å². The fourth-order valence-electron chi connectivity index (χ4n) is 5.39. The number of aryl methyl sites for hydroxylation is 2. The van der Waals surface area contributed by atoms with Crippen molar-refractivity contribution in [3.05, 3.63) is 144 Å². The quantitative estimate of drug-likeness (QED) is 0.148. The van der Waals surface area contributed by atoms with Gasteiger partial charge in [0, 0.05) is 48.3 Å². The first-order chi connectivity index (χ1) is 23.6. The van der Waals surface area contributed by atoms with Crippen molar-refractivity contribution in [3.8, 4) is 34.5 Å². The predicted molar refractivity (Wildman–Crippen MR) is 188 cm³/mol. The van der Waals surface area contributed by atoms with Crippen molar-refractivity contribution >= 4 is 33.6 Å². The predicted octanol–water partition coefficient (Wildman–Crippen LogP) is 7.42. The Bertz CT molecular complexity index is 2260. The molecule has 0 aliphatic heterocycles. The molecule has 7 aromatic rings. The second-order valence-corrected chi connectivity index (χ2v) is 11.3. The van der Waals surface area contributed by atoms with Crippen LogP contribution in [0, 0.1) is 0 Å². The lowest BCUT2D eigenvalue weighted by molar-refractivity contribution is 0.0993. The number of aromatic nitrogens is 2. The van der Waals surface area contributed by atoms with Crippen LogP contribution in [0.25, 0.3) is 21.8 Å². The summed E-state index contributed by atoms with van der Waals surface area (Å²) < 4.78 is 21.2. The van der Waals surface area contributed by atoms with Gasteiger partial charge in [0.1, 0.15) is 41.1 Å². The van der Waals surface area contributed by atoms with Gasteiger partial charge in [-0.05, 0) is 90.5 Å². The normalized spacial score (nSPS) is 10.7. The highest BCUT2D eigenvalue weighted by Gasteiger charge is 2.14. The Morgan fingerprint density at radius 1 is 0.592 bits per heavy atom. The Labute approximate surface area is 282 Å². The maximum Gasteiger partial charge on any atom is 0.250 e. The zero-order chi connectivity index (χ0) is 34.5. The van der Waals surface area contributed by atoms with Crippen molar-refractivity contribution in [2.24, 2.45) is 25.6 Å². The molecule has 2 amide bonds. The van der Waals surface area contributed by atoms with Crippen LogP contribution in [0.3, 0.4) is 0 Å². The van der Waals surface area contributed by atoms with Crippen LogP contribution in [-0.2, 0) is 20.7 Å². The standard InChI is InChI=1S/C23H20N2O3.C16H14N2O3/c1-25-14-21(23(24)26)20-13-19(11-12-22(20)25)28-18-9-7-17(8-10-18)27-15-16-5-3-2-4-6-16;1-18-9-14(16(17)20)13-8-12(6-7-15(13)18)21-11-4-2-10(19)3-5-11/h2-14H,15H2,1H3,(H2,24,26);2-9,19H,1H3,(H2,17,20). The van der Waals surface area contributed by atoms with Crippen molar-refractivity contribution < 1.29 is 28.9 Å². The highest BCUT2D eigenvalue weighted by Crippen LogP contribution is 2.31. The molecule has 0 aliphatic rings. The number of fused-ring (bicyclic) bond motifs is 2. The number of aromatic hydroxyl groups is 1. The number of hydrogen-bond donors (Lipinski definition) is 3. The van der Waals surface area contributed by atoms with Gasteiger partial charge in [-0.1, -0.05) is 30.3 Å². The lowest BCUT2D eigenvalue weighted by Crippen LogP contribution is -2.10. The van der Waals surface area contributed by atoms with Crippen LogP contribution in [0.5, 0.6) is 34.5 Å². The smallest absolute Gasteiger partial charge is 0.250 e. The number of carbonyl (C=O) groups is 2. The summed E-state index contributed by atoms with van der Waals surface area (Å²) in [7, 11) is 3.73. The van der Waals surface area contributed by atoms with Gasteiger partial charge in [0.05, 0.1) is 11.1 Å². The molecule has 0 spiro atoms. The molecule has 2 aromatic heterocycles. The van der Waals surface area contributed by atoms with Gasteiger partial charge in [-0.25, -0.2) is 0 Å². The number of amides is 2. The molecule has 49 heavy (non-hydrogen) atoms. The molecule has 2 heterocycles. The van der Waals surface area contributed by atoms with Gasteiger partial charge in [-0.2, -0.15) is 0 Å². The summed E-state index contributed by atoms with van der Waals surface area (Å²) in [6, 6.07) is 35.0. The van der Waals surface area contributed by atoms with Crippen LogP contribution in [0.15, 0.2) is 128 Å². The van der Waals surface area contributed by atoms with Crippen molar-refractivity contribution in [2.45, 2.75) is 6.61 Å². The third-order valence-electron chi connectivity index (χ3n) is 7.83. The first kappa shape index (κ1) is 32.3. The second kappa shape index (κ2) is 14.0. The van der Waals surface area contributed by atoms with Gasteiger partial charge >= 0.3 is 0 Å². The van der Waals surface area contributed by atoms with Crippen LogP contribution in [0.2, 0.25) is 0 Å². The SMILES string of the molecule is Cn1cc(C(N)=O)c2cc(Oc3ccc(O)cc3)ccc21.Cn1cc(C(N)=O)c2cc(Oc3ccc(OCc4ccccc4)cc3)ccc21. The van der Waals surface area contributed by atoms with Gasteiger partial charge in [-0.3, -0.25) is 9.59 Å². The summed E-state index contributed by atoms with van der Waals surface area (Å²) >= 11 is 0. The van der Waals surface area contributed by atoms with Gasteiger partial charge in [0.15, 0.2) is 0 Å². The summed E-state index contributed by atoms with van der Waals surface area (Å²) in [6.45, 7) is 0.515. The molecular formula is C39H34N4O6. The summed E-state index contributed by atoms with van der Waals surface area (Å²) in [4.78, 5) is 23.1. The lowest BCUT2D eigenvalue weighted by Gasteiger charge is -2.09. The minimum absolute atomic E-state index is 0.178. The Kier molecular flexibility index (Phi) is 9.21. The third kappa shape index (κ3) is 7.50. The highest BCUT2D eigenvalue weighted by molar-refractivity contribution is 6.07. The molecule has 10 nitrogen and oxygen atoms in total. The number of benzene rings is 5. The number of phenolic OH excluding ortho intramolecular Hbond substituents is 1. The number of carbonyl (C=O) groups excluding carboxylic acids is 2. The van der Waals surface area contributed by atoms with E-state index < -0.39 is 11.8 Å². The van der Waals surface area contributed by atoms with Crippen molar-refractivity contribution in [2.75, 3.05) is 0 Å². The lowest BCUT2D eigenvalue weighted by atomic mass is 10.1. The molecule has 0 fully saturated rings. The molecule has 10 heteroatoms. The summed E-state index contributed by atoms with van der Waals surface area (Å²) in [5.74, 6) is 2.54. The summed E-state index contributed by atoms with van der Waals surface area (Å²) in [6.07, 6.45) is 3.44. The van der Waals surface area contributed by atoms with Gasteiger partial charge < -0.3 is 39.9 Å². The third-order valence-corrected chi connectivity index (χ3v) is 7.83. The minimum Gasteiger partial charge on any atom is -0.508 e. The Hall–Kier alpha value is -6.68. The van der Waals surface area contributed by atoms with E-state index in [1.54, 1.807) is 42.7 Å². The molecule has 0 saturated carbocycles. The molecular weight excluding hydrogens is 620 g/mol. The van der Waals surface area contributed by atoms with E-state index >= 15 is 0 Å². The van der Waals surface area contributed by atoms with Crippen LogP contribution in [0.1, 0.15) is 26.3 Å². The van der Waals surface area contributed by atoms with Crippen molar-refractivity contribution in [1.82, 2.24) is 9.13 Å². The fourth-order valence-corrected chi connectivity index (χ4v) is 5.39. The zero-order valence-corrected chi connectivity index (χ0v) is 26.9. The van der Waals surface area contributed by atoms with Crippen LogP contribution in [0.4, 0.5) is 0 Å². The number of rotatable bonds is 9. The topological polar surface area (TPSA) is 144 Å². The van der Waals surface area contributed by atoms with E-state index in [1.165, 1.54) is 0 Å². The zero-order valence-electron chi connectivity index (χ0n) is 26.9. The Balaban J connectivity index is 0.000000177. The van der Waals surface area contributed by atoms with E-state index in [0.29, 0.717) is 40.7 Å². The average molecular weight is 655 g/mol. The minimum atomic E-state index is -0.470. The van der Waals surface area contributed by atoms with E-state index in [0.717, 1.165) is 33.1 Å². The molecule has 246 valence electrons. The molecule has 0 saturated heterocycles. The number of phenols is 1. The number of nitrogens with two attached hydrogens (primary N) is 2. The molecule has 0 unspecified atom stereocenters. The molecule has 0 bridgehead atoms. The molecule has 5 N–H and O–H groups in total. The number of hydrogen-bond acceptors (Lipinski definition) is 6. The van der Waals surface area contributed by atoms with Crippen LogP contribution >= 0.6 is 0 Å². The molecule has 0 atom stereocenters. The van der Waals surface area contributed by atoms with Crippen molar-refractivity contribution in [1.29, 1.82) is 0 Å². The molecule has 0 radical (unpaired) electrons. The Morgan fingerprint density at radius 3 is 1.49 bits per heavy atom. The van der Waals surface area contributed by atoms with Crippen LogP contribution < -0.4 is 25.7 Å². The number of primary amides is 2. The fraction of sp³-hybridized carbons (Fsp3) is 0.0769. The van der Waals surface area contributed by atoms with Gasteiger partial charge in [0.25, 0.3) is 11.8 Å². The number of ether oxygens (including phenoxy) is 3. The first-order valence-electron chi connectivity index (χ1n) is 15.3. The maximum absolute atomic E-state index is 11.7. The second-order valence-electron chi connectivity index (χ2n) is 11.3. The number of nitrogens with zero attached hydrogens (tertiary/aromatic N) is 2. The Morgan fingerprint density at radius 2 is 1.02 bits per heavy atom. The maximum atomic E-state index is 11.7. The van der Waals surface area contributed by atoms with E-state index in [4.69, 9.17) is 25.7 Å². The van der Waals surface area contributed by atoms with Crippen molar-refractivity contribution in [3.63, 3.8) is 0 Å². The average Bonchev–Trinajstić information content (AvgIpc) is 3.62. The molecule has 0 aliphatic carbocycles. The van der Waals surface area contributed by atoms with Gasteiger partial charge in [0.2, 0.25) is 0 Å². The van der Waals surface area contributed by atoms with E-state index in [-0.39, 0.29) is 5.75 Å². The summed E-state index contributed by atoms with van der Waals surface area (Å²) in [5, 5.41) is 10.8. The molecule has 5 aromatic carbocycles. The highest BCUT2D eigenvalue weighted by atomic mass is 16.5. The first-order valence-corrected chi connectivity index (χ1v) is 15.3. The van der Waals surface area contributed by atoms with Crippen LogP contribution in [-0.4, -0.2) is 26.1 Å². The summed E-state index contributed by atoms with van der Waals surface area (Å²) in [5.41, 5.74) is 14.8.